The number of thiophene rings is 1. The van der Waals surface area contributed by atoms with E-state index in [2.05, 4.69) is 32.3 Å². The lowest BCUT2D eigenvalue weighted by Gasteiger charge is -2.39. The van der Waals surface area contributed by atoms with E-state index < -0.39 is 14.6 Å². The second kappa shape index (κ2) is 8.48. The van der Waals surface area contributed by atoms with Crippen molar-refractivity contribution in [3.63, 3.8) is 0 Å². The molecule has 132 valence electrons. The number of sulfone groups is 1. The molecule has 0 unspecified atom stereocenters. The quantitative estimate of drug-likeness (QED) is 0.367. The van der Waals surface area contributed by atoms with Crippen LogP contribution in [-0.4, -0.2) is 56.5 Å². The maximum Gasteiger partial charge on any atom is 0.193 e. The van der Waals surface area contributed by atoms with Crippen LogP contribution in [0.4, 0.5) is 0 Å². The van der Waals surface area contributed by atoms with Gasteiger partial charge in [-0.2, -0.15) is 0 Å². The number of halogens is 2. The third-order valence-electron chi connectivity index (χ3n) is 3.84. The number of hydrogen-bond donors (Lipinski definition) is 1. The van der Waals surface area contributed by atoms with Crippen LogP contribution in [0.15, 0.2) is 20.9 Å². The standard InChI is InChI=1S/C14H22BrN3O2S2.HI/c1-14(2)10-18(8-9-22(14,19)20)13(16-3)17-7-6-11-4-5-12(15)21-11;/h4-5H,6-10H2,1-3H3,(H,16,17);1H. The number of nitrogens with zero attached hydrogens (tertiary/aromatic N) is 2. The third-order valence-corrected chi connectivity index (χ3v) is 8.05. The van der Waals surface area contributed by atoms with Crippen LogP contribution in [0.1, 0.15) is 18.7 Å². The van der Waals surface area contributed by atoms with Crippen molar-refractivity contribution in [1.82, 2.24) is 10.2 Å². The minimum Gasteiger partial charge on any atom is -0.356 e. The van der Waals surface area contributed by atoms with Crippen LogP contribution in [0.3, 0.4) is 0 Å². The maximum absolute atomic E-state index is 12.1. The van der Waals surface area contributed by atoms with Crippen LogP contribution in [-0.2, 0) is 16.3 Å². The molecule has 9 heteroatoms. The van der Waals surface area contributed by atoms with Gasteiger partial charge in [-0.3, -0.25) is 4.99 Å². The molecule has 1 N–H and O–H groups in total. The predicted octanol–water partition coefficient (Wildman–Crippen LogP) is 2.76. The second-order valence-corrected chi connectivity index (χ2v) is 11.2. The van der Waals surface area contributed by atoms with Gasteiger partial charge in [-0.05, 0) is 48.3 Å². The van der Waals surface area contributed by atoms with E-state index in [-0.39, 0.29) is 29.7 Å². The third kappa shape index (κ3) is 5.30. The molecule has 1 aromatic heterocycles. The Balaban J connectivity index is 0.00000264. The van der Waals surface area contributed by atoms with Gasteiger partial charge in [0.2, 0.25) is 0 Å². The molecule has 23 heavy (non-hydrogen) atoms. The monoisotopic (exact) mass is 535 g/mol. The van der Waals surface area contributed by atoms with Crippen molar-refractivity contribution in [2.24, 2.45) is 4.99 Å². The molecule has 1 fully saturated rings. The van der Waals surface area contributed by atoms with Gasteiger partial charge in [0, 0.05) is 31.6 Å². The zero-order valence-corrected chi connectivity index (χ0v) is 19.1. The normalized spacial score (nSPS) is 20.0. The first-order chi connectivity index (χ1) is 10.2. The van der Waals surface area contributed by atoms with Crippen molar-refractivity contribution < 1.29 is 8.42 Å². The largest absolute Gasteiger partial charge is 0.356 e. The van der Waals surface area contributed by atoms with E-state index in [4.69, 9.17) is 0 Å². The molecule has 0 amide bonds. The summed E-state index contributed by atoms with van der Waals surface area (Å²) in [6, 6.07) is 4.16. The summed E-state index contributed by atoms with van der Waals surface area (Å²) in [5.41, 5.74) is 0. The second-order valence-electron chi connectivity index (χ2n) is 5.93. The van der Waals surface area contributed by atoms with Gasteiger partial charge < -0.3 is 10.2 Å². The molecule has 2 heterocycles. The summed E-state index contributed by atoms with van der Waals surface area (Å²) in [6.07, 6.45) is 0.921. The molecule has 0 radical (unpaired) electrons. The fraction of sp³-hybridized carbons (Fsp3) is 0.643. The molecule has 0 saturated carbocycles. The van der Waals surface area contributed by atoms with Gasteiger partial charge in [-0.1, -0.05) is 0 Å². The Morgan fingerprint density at radius 2 is 2.17 bits per heavy atom. The highest BCUT2D eigenvalue weighted by atomic mass is 127. The summed E-state index contributed by atoms with van der Waals surface area (Å²) in [6.45, 7) is 5.31. The highest BCUT2D eigenvalue weighted by Gasteiger charge is 2.40. The van der Waals surface area contributed by atoms with Crippen molar-refractivity contribution in [3.8, 4) is 0 Å². The summed E-state index contributed by atoms with van der Waals surface area (Å²) in [5.74, 6) is 0.956. The first-order valence-corrected chi connectivity index (χ1v) is 10.4. The van der Waals surface area contributed by atoms with E-state index in [0.717, 1.165) is 22.7 Å². The Labute approximate surface area is 168 Å². The first kappa shape index (κ1) is 21.2. The van der Waals surface area contributed by atoms with Gasteiger partial charge in [0.05, 0.1) is 14.3 Å². The number of rotatable bonds is 3. The van der Waals surface area contributed by atoms with E-state index in [0.29, 0.717) is 13.1 Å². The molecule has 1 saturated heterocycles. The van der Waals surface area contributed by atoms with Crippen LogP contribution < -0.4 is 5.32 Å². The molecule has 5 nitrogen and oxygen atoms in total. The molecule has 1 aromatic rings. The Bertz CT molecular complexity index is 659. The van der Waals surface area contributed by atoms with Crippen molar-refractivity contribution in [2.45, 2.75) is 25.0 Å². The maximum atomic E-state index is 12.1. The van der Waals surface area contributed by atoms with Crippen molar-refractivity contribution in [2.75, 3.05) is 32.4 Å². The zero-order valence-electron chi connectivity index (χ0n) is 13.5. The van der Waals surface area contributed by atoms with Crippen LogP contribution in [0.25, 0.3) is 0 Å². The fourth-order valence-corrected chi connectivity index (χ4v) is 5.29. The average Bonchev–Trinajstić information content (AvgIpc) is 2.84. The molecule has 1 aliphatic heterocycles. The van der Waals surface area contributed by atoms with E-state index in [9.17, 15) is 8.42 Å². The topological polar surface area (TPSA) is 61.8 Å². The van der Waals surface area contributed by atoms with Crippen molar-refractivity contribution in [3.05, 3.63) is 20.8 Å². The average molecular weight is 536 g/mol. The smallest absolute Gasteiger partial charge is 0.193 e. The summed E-state index contributed by atoms with van der Waals surface area (Å²) in [4.78, 5) is 7.63. The summed E-state index contributed by atoms with van der Waals surface area (Å²) in [5, 5.41) is 3.33. The van der Waals surface area contributed by atoms with Gasteiger partial charge in [-0.15, -0.1) is 35.3 Å². The van der Waals surface area contributed by atoms with Crippen LogP contribution in [0.5, 0.6) is 0 Å². The molecule has 0 atom stereocenters. The minimum atomic E-state index is -3.02. The fourth-order valence-electron chi connectivity index (χ4n) is 2.44. The molecule has 0 aromatic carbocycles. The molecule has 0 bridgehead atoms. The van der Waals surface area contributed by atoms with Gasteiger partial charge in [-0.25, -0.2) is 8.42 Å². The minimum absolute atomic E-state index is 0. The van der Waals surface area contributed by atoms with Gasteiger partial charge >= 0.3 is 0 Å². The van der Waals surface area contributed by atoms with Crippen molar-refractivity contribution >= 4 is 67.0 Å². The predicted molar refractivity (Wildman–Crippen MR) is 112 cm³/mol. The van der Waals surface area contributed by atoms with Crippen LogP contribution in [0.2, 0.25) is 0 Å². The van der Waals surface area contributed by atoms with E-state index >= 15 is 0 Å². The van der Waals surface area contributed by atoms with E-state index in [1.165, 1.54) is 4.88 Å². The van der Waals surface area contributed by atoms with E-state index in [1.54, 1.807) is 32.2 Å². The highest BCUT2D eigenvalue weighted by molar-refractivity contribution is 14.0. The first-order valence-electron chi connectivity index (χ1n) is 7.17. The van der Waals surface area contributed by atoms with Crippen LogP contribution >= 0.6 is 51.2 Å². The lowest BCUT2D eigenvalue weighted by molar-refractivity contribution is 0.353. The molecular weight excluding hydrogens is 513 g/mol. The summed E-state index contributed by atoms with van der Waals surface area (Å²) >= 11 is 5.19. The Hall–Kier alpha value is 0.130. The number of guanidine groups is 1. The molecule has 0 aliphatic carbocycles. The van der Waals surface area contributed by atoms with Gasteiger partial charge in [0.15, 0.2) is 15.8 Å². The Morgan fingerprint density at radius 3 is 2.70 bits per heavy atom. The molecule has 0 spiro atoms. The Kier molecular flexibility index (Phi) is 7.81. The summed E-state index contributed by atoms with van der Waals surface area (Å²) in [7, 11) is -1.29. The molecular formula is C14H23BrIN3O2S2. The van der Waals surface area contributed by atoms with Crippen LogP contribution in [0, 0.1) is 0 Å². The highest BCUT2D eigenvalue weighted by Crippen LogP contribution is 2.24. The molecule has 2 rings (SSSR count). The van der Waals surface area contributed by atoms with E-state index in [1.807, 2.05) is 11.0 Å². The number of nitrogens with one attached hydrogen (secondary N) is 1. The van der Waals surface area contributed by atoms with Gasteiger partial charge in [0.1, 0.15) is 0 Å². The lowest BCUT2D eigenvalue weighted by Crippen LogP contribution is -2.57. The Morgan fingerprint density at radius 1 is 1.48 bits per heavy atom. The SMILES string of the molecule is CN=C(NCCc1ccc(Br)s1)N1CCS(=O)(=O)C(C)(C)C1.I. The number of aliphatic imine (C=N–C) groups is 1. The number of hydrogen-bond acceptors (Lipinski definition) is 4. The molecule has 1 aliphatic rings. The zero-order chi connectivity index (χ0) is 16.4. The summed E-state index contributed by atoms with van der Waals surface area (Å²) < 4.78 is 24.5. The lowest BCUT2D eigenvalue weighted by atomic mass is 10.2. The van der Waals surface area contributed by atoms with Crippen molar-refractivity contribution in [1.29, 1.82) is 0 Å². The van der Waals surface area contributed by atoms with Gasteiger partial charge in [0.25, 0.3) is 0 Å².